The van der Waals surface area contributed by atoms with E-state index in [1.165, 1.54) is 22.2 Å². The number of hydrogen-bond donors (Lipinski definition) is 0. The van der Waals surface area contributed by atoms with Crippen LogP contribution in [-0.2, 0) is 7.05 Å². The number of hydrogen-bond acceptors (Lipinski definition) is 5. The number of carbonyl (C=O) groups is 1. The summed E-state index contributed by atoms with van der Waals surface area (Å²) in [5.41, 5.74) is 1.73. The van der Waals surface area contributed by atoms with E-state index >= 15 is 0 Å². The third-order valence-corrected chi connectivity index (χ3v) is 6.40. The summed E-state index contributed by atoms with van der Waals surface area (Å²) in [5.74, 6) is -0.0201. The van der Waals surface area contributed by atoms with Crippen LogP contribution in [0.15, 0.2) is 35.4 Å². The summed E-state index contributed by atoms with van der Waals surface area (Å²) in [6, 6.07) is 7.75. The maximum absolute atomic E-state index is 13.0. The van der Waals surface area contributed by atoms with E-state index in [0.717, 1.165) is 24.3 Å². The van der Waals surface area contributed by atoms with Gasteiger partial charge in [0.25, 0.3) is 11.5 Å². The molecule has 3 heterocycles. The first-order chi connectivity index (χ1) is 13.0. The summed E-state index contributed by atoms with van der Waals surface area (Å²) in [7, 11) is 1.67. The van der Waals surface area contributed by atoms with Crippen LogP contribution in [0.4, 0.5) is 5.69 Å². The minimum atomic E-state index is -0.111. The zero-order chi connectivity index (χ0) is 19.1. The average molecular weight is 403 g/mol. The lowest BCUT2D eigenvalue weighted by Crippen LogP contribution is -2.48. The molecule has 0 atom stereocenters. The zero-order valence-corrected chi connectivity index (χ0v) is 16.7. The summed E-state index contributed by atoms with van der Waals surface area (Å²) < 4.78 is 1.45. The van der Waals surface area contributed by atoms with Crippen LogP contribution in [0.1, 0.15) is 15.2 Å². The molecule has 1 aromatic carbocycles. The van der Waals surface area contributed by atoms with Gasteiger partial charge in [0, 0.05) is 43.9 Å². The van der Waals surface area contributed by atoms with Crippen molar-refractivity contribution in [1.82, 2.24) is 14.5 Å². The number of benzene rings is 1. The Bertz CT molecular complexity index is 1070. The molecule has 6 nitrogen and oxygen atoms in total. The molecule has 0 unspecified atom stereocenters. The van der Waals surface area contributed by atoms with Crippen molar-refractivity contribution in [2.45, 2.75) is 6.92 Å². The number of nitrogens with zero attached hydrogens (tertiary/aromatic N) is 4. The van der Waals surface area contributed by atoms with Gasteiger partial charge in [0.2, 0.25) is 0 Å². The van der Waals surface area contributed by atoms with Gasteiger partial charge in [-0.25, -0.2) is 4.98 Å². The Morgan fingerprint density at radius 1 is 1.15 bits per heavy atom. The summed E-state index contributed by atoms with van der Waals surface area (Å²) in [5, 5.41) is 1.26. The van der Waals surface area contributed by atoms with Crippen LogP contribution in [0.5, 0.6) is 0 Å². The molecule has 0 saturated carbocycles. The largest absolute Gasteiger partial charge is 0.368 e. The van der Waals surface area contributed by atoms with Crippen LogP contribution >= 0.6 is 22.9 Å². The first-order valence-corrected chi connectivity index (χ1v) is 9.89. The third kappa shape index (κ3) is 3.21. The third-order valence-electron chi connectivity index (χ3n) is 4.96. The average Bonchev–Trinajstić information content (AvgIpc) is 3.02. The second-order valence-electron chi connectivity index (χ2n) is 6.65. The number of aryl methyl sites for hydroxylation is 2. The first-order valence-electron chi connectivity index (χ1n) is 8.70. The Morgan fingerprint density at radius 2 is 1.81 bits per heavy atom. The summed E-state index contributed by atoms with van der Waals surface area (Å²) in [6.07, 6.45) is 1.50. The molecule has 1 aliphatic heterocycles. The summed E-state index contributed by atoms with van der Waals surface area (Å²) in [6.45, 7) is 4.63. The fraction of sp³-hybridized carbons (Fsp3) is 0.316. The predicted octanol–water partition coefficient (Wildman–Crippen LogP) is 2.92. The highest BCUT2D eigenvalue weighted by Gasteiger charge is 2.26. The van der Waals surface area contributed by atoms with Crippen molar-refractivity contribution < 1.29 is 4.79 Å². The van der Waals surface area contributed by atoms with E-state index in [2.05, 4.69) is 9.88 Å². The molecule has 0 aliphatic carbocycles. The van der Waals surface area contributed by atoms with Crippen LogP contribution in [0.3, 0.4) is 0 Å². The maximum atomic E-state index is 13.0. The quantitative estimate of drug-likeness (QED) is 0.661. The molecule has 27 heavy (non-hydrogen) atoms. The normalized spacial score (nSPS) is 14.8. The molecular formula is C19H19ClN4O2S. The van der Waals surface area contributed by atoms with Crippen LogP contribution in [0.2, 0.25) is 5.02 Å². The van der Waals surface area contributed by atoms with Gasteiger partial charge in [-0.05, 0) is 36.8 Å². The second kappa shape index (κ2) is 6.98. The minimum absolute atomic E-state index is 0.0201. The molecule has 140 valence electrons. The van der Waals surface area contributed by atoms with Crippen LogP contribution in [-0.4, -0.2) is 46.5 Å². The van der Waals surface area contributed by atoms with E-state index in [9.17, 15) is 9.59 Å². The molecule has 3 aromatic rings. The van der Waals surface area contributed by atoms with Crippen molar-refractivity contribution in [1.29, 1.82) is 0 Å². The smallest absolute Gasteiger partial charge is 0.264 e. The monoisotopic (exact) mass is 402 g/mol. The Morgan fingerprint density at radius 3 is 2.48 bits per heavy atom. The molecule has 1 saturated heterocycles. The Balaban J connectivity index is 1.54. The Kier molecular flexibility index (Phi) is 4.65. The number of halogens is 1. The van der Waals surface area contributed by atoms with E-state index in [1.807, 2.05) is 36.1 Å². The van der Waals surface area contributed by atoms with Gasteiger partial charge >= 0.3 is 0 Å². The lowest BCUT2D eigenvalue weighted by atomic mass is 10.2. The topological polar surface area (TPSA) is 58.4 Å². The lowest BCUT2D eigenvalue weighted by molar-refractivity contribution is 0.0751. The molecule has 1 aliphatic rings. The van der Waals surface area contributed by atoms with Gasteiger partial charge in [-0.1, -0.05) is 11.6 Å². The van der Waals surface area contributed by atoms with Crippen molar-refractivity contribution in [2.75, 3.05) is 31.1 Å². The van der Waals surface area contributed by atoms with Crippen LogP contribution in [0.25, 0.3) is 10.2 Å². The summed E-state index contributed by atoms with van der Waals surface area (Å²) >= 11 is 7.26. The van der Waals surface area contributed by atoms with Gasteiger partial charge in [0.1, 0.15) is 4.83 Å². The van der Waals surface area contributed by atoms with Gasteiger partial charge in [0.15, 0.2) is 0 Å². The number of aromatic nitrogens is 2. The highest BCUT2D eigenvalue weighted by atomic mass is 35.5. The van der Waals surface area contributed by atoms with E-state index in [4.69, 9.17) is 11.6 Å². The number of fused-ring (bicyclic) bond motifs is 1. The highest BCUT2D eigenvalue weighted by Crippen LogP contribution is 2.28. The zero-order valence-electron chi connectivity index (χ0n) is 15.1. The van der Waals surface area contributed by atoms with Gasteiger partial charge < -0.3 is 14.4 Å². The van der Waals surface area contributed by atoms with E-state index in [0.29, 0.717) is 33.2 Å². The minimum Gasteiger partial charge on any atom is -0.368 e. The Labute approximate surface area is 165 Å². The van der Waals surface area contributed by atoms with Crippen molar-refractivity contribution in [2.24, 2.45) is 7.05 Å². The number of amides is 1. The van der Waals surface area contributed by atoms with Crippen LogP contribution < -0.4 is 10.5 Å². The molecular weight excluding hydrogens is 384 g/mol. The fourth-order valence-corrected chi connectivity index (χ4v) is 4.61. The van der Waals surface area contributed by atoms with E-state index < -0.39 is 0 Å². The van der Waals surface area contributed by atoms with E-state index in [1.54, 1.807) is 7.05 Å². The molecule has 0 bridgehead atoms. The van der Waals surface area contributed by atoms with Gasteiger partial charge in [-0.15, -0.1) is 11.3 Å². The maximum Gasteiger partial charge on any atom is 0.264 e. The number of thiophene rings is 1. The molecule has 2 aromatic heterocycles. The standard InChI is InChI=1S/C19H19ClN4O2S/c1-12-15-17(21-11-22(2)18(15)25)27-16(12)19(26)24-9-7-23(8-10-24)14-5-3-13(20)4-6-14/h3-6,11H,7-10H2,1-2H3. The van der Waals surface area contributed by atoms with Gasteiger partial charge in [0.05, 0.1) is 16.6 Å². The molecule has 4 rings (SSSR count). The van der Waals surface area contributed by atoms with Crippen molar-refractivity contribution >= 4 is 44.7 Å². The molecule has 0 radical (unpaired) electrons. The molecule has 0 N–H and O–H groups in total. The van der Waals surface area contributed by atoms with Crippen molar-refractivity contribution in [3.05, 3.63) is 56.4 Å². The van der Waals surface area contributed by atoms with Crippen molar-refractivity contribution in [3.63, 3.8) is 0 Å². The number of carbonyl (C=O) groups excluding carboxylic acids is 1. The number of piperazine rings is 1. The molecule has 8 heteroatoms. The predicted molar refractivity (Wildman–Crippen MR) is 109 cm³/mol. The van der Waals surface area contributed by atoms with Gasteiger partial charge in [-0.2, -0.15) is 0 Å². The lowest BCUT2D eigenvalue weighted by Gasteiger charge is -2.36. The summed E-state index contributed by atoms with van der Waals surface area (Å²) in [4.78, 5) is 35.0. The SMILES string of the molecule is Cc1c(C(=O)N2CCN(c3ccc(Cl)cc3)CC2)sc2ncn(C)c(=O)c12. The van der Waals surface area contributed by atoms with E-state index in [-0.39, 0.29) is 11.5 Å². The fourth-order valence-electron chi connectivity index (χ4n) is 3.38. The Hall–Kier alpha value is -2.38. The van der Waals surface area contributed by atoms with Crippen molar-refractivity contribution in [3.8, 4) is 0 Å². The second-order valence-corrected chi connectivity index (χ2v) is 8.09. The number of anilines is 1. The van der Waals surface area contributed by atoms with Gasteiger partial charge in [-0.3, -0.25) is 9.59 Å². The van der Waals surface area contributed by atoms with Crippen LogP contribution in [0, 0.1) is 6.92 Å². The molecule has 1 amide bonds. The first kappa shape index (κ1) is 18.0. The molecule has 0 spiro atoms. The number of rotatable bonds is 2. The molecule has 1 fully saturated rings. The highest BCUT2D eigenvalue weighted by molar-refractivity contribution is 7.20.